The number of aliphatic hydroxyl groups excluding tert-OH is 1. The highest BCUT2D eigenvalue weighted by Gasteiger charge is 2.19. The van der Waals surface area contributed by atoms with Crippen LogP contribution in [0.1, 0.15) is 6.42 Å². The standard InChI is InChI=1S/C11H13N3O6/c15-5-4-9(10(16)17)13-11(18)12-7-2-1-3-8(6-7)14(19)20/h1-3,6,9,15H,4-5H2,(H,16,17)(H2,12,13,18). The number of aliphatic carboxylic acids is 1. The average molecular weight is 283 g/mol. The first-order valence-electron chi connectivity index (χ1n) is 5.59. The van der Waals surface area contributed by atoms with Crippen molar-refractivity contribution in [3.63, 3.8) is 0 Å². The molecule has 9 nitrogen and oxygen atoms in total. The van der Waals surface area contributed by atoms with Crippen LogP contribution in [0, 0.1) is 10.1 Å². The number of nitrogens with zero attached hydrogens (tertiary/aromatic N) is 1. The molecule has 0 heterocycles. The normalized spacial score (nSPS) is 11.4. The van der Waals surface area contributed by atoms with Crippen LogP contribution >= 0.6 is 0 Å². The van der Waals surface area contributed by atoms with Gasteiger partial charge >= 0.3 is 12.0 Å². The molecule has 0 aliphatic heterocycles. The molecular weight excluding hydrogens is 270 g/mol. The van der Waals surface area contributed by atoms with E-state index in [1.165, 1.54) is 18.2 Å². The Morgan fingerprint density at radius 1 is 1.40 bits per heavy atom. The van der Waals surface area contributed by atoms with Gasteiger partial charge in [-0.25, -0.2) is 9.59 Å². The van der Waals surface area contributed by atoms with Gasteiger partial charge in [0.25, 0.3) is 5.69 Å². The van der Waals surface area contributed by atoms with Crippen molar-refractivity contribution in [2.45, 2.75) is 12.5 Å². The highest BCUT2D eigenvalue weighted by Crippen LogP contribution is 2.16. The number of rotatable bonds is 6. The van der Waals surface area contributed by atoms with Crippen LogP contribution in [-0.2, 0) is 4.79 Å². The Bertz CT molecular complexity index is 519. The first kappa shape index (κ1) is 15.4. The minimum absolute atomic E-state index is 0.141. The lowest BCUT2D eigenvalue weighted by Crippen LogP contribution is -2.43. The number of hydrogen-bond donors (Lipinski definition) is 4. The lowest BCUT2D eigenvalue weighted by Gasteiger charge is -2.13. The van der Waals surface area contributed by atoms with E-state index in [9.17, 15) is 19.7 Å². The van der Waals surface area contributed by atoms with Crippen molar-refractivity contribution >= 4 is 23.4 Å². The monoisotopic (exact) mass is 283 g/mol. The number of urea groups is 1. The van der Waals surface area contributed by atoms with Crippen LogP contribution in [0.5, 0.6) is 0 Å². The van der Waals surface area contributed by atoms with Crippen LogP contribution in [-0.4, -0.2) is 39.8 Å². The average Bonchev–Trinajstić information content (AvgIpc) is 2.38. The second kappa shape index (κ2) is 7.04. The van der Waals surface area contributed by atoms with Crippen molar-refractivity contribution in [1.82, 2.24) is 5.32 Å². The van der Waals surface area contributed by atoms with Crippen LogP contribution in [0.2, 0.25) is 0 Å². The number of nitrogens with one attached hydrogen (secondary N) is 2. The Kier molecular flexibility index (Phi) is 5.42. The minimum Gasteiger partial charge on any atom is -0.480 e. The van der Waals surface area contributed by atoms with Gasteiger partial charge in [0, 0.05) is 30.8 Å². The highest BCUT2D eigenvalue weighted by molar-refractivity contribution is 5.92. The van der Waals surface area contributed by atoms with Crippen molar-refractivity contribution in [3.8, 4) is 0 Å². The van der Waals surface area contributed by atoms with Crippen LogP contribution in [0.3, 0.4) is 0 Å². The number of amides is 2. The molecule has 4 N–H and O–H groups in total. The first-order valence-corrected chi connectivity index (χ1v) is 5.59. The Balaban J connectivity index is 2.68. The molecule has 1 atom stereocenters. The number of non-ortho nitro benzene ring substituents is 1. The Morgan fingerprint density at radius 3 is 2.65 bits per heavy atom. The number of hydrogen-bond acceptors (Lipinski definition) is 5. The second-order valence-corrected chi connectivity index (χ2v) is 3.81. The number of nitro benzene ring substituents is 1. The van der Waals surface area contributed by atoms with Crippen LogP contribution < -0.4 is 10.6 Å². The van der Waals surface area contributed by atoms with Crippen molar-refractivity contribution < 1.29 is 24.7 Å². The molecule has 0 aliphatic carbocycles. The van der Waals surface area contributed by atoms with E-state index in [-0.39, 0.29) is 17.8 Å². The zero-order valence-electron chi connectivity index (χ0n) is 10.3. The molecule has 0 aromatic heterocycles. The largest absolute Gasteiger partial charge is 0.480 e. The summed E-state index contributed by atoms with van der Waals surface area (Å²) in [5.74, 6) is -1.28. The molecule has 0 saturated heterocycles. The van der Waals surface area contributed by atoms with E-state index in [4.69, 9.17) is 10.2 Å². The van der Waals surface area contributed by atoms with Gasteiger partial charge in [-0.3, -0.25) is 10.1 Å². The molecule has 108 valence electrons. The molecule has 2 amide bonds. The maximum atomic E-state index is 11.5. The molecule has 1 unspecified atom stereocenters. The van der Waals surface area contributed by atoms with E-state index in [0.29, 0.717) is 0 Å². The van der Waals surface area contributed by atoms with Gasteiger partial charge in [-0.2, -0.15) is 0 Å². The molecule has 1 aromatic carbocycles. The summed E-state index contributed by atoms with van der Waals surface area (Å²) < 4.78 is 0. The van der Waals surface area contributed by atoms with Gasteiger partial charge in [0.2, 0.25) is 0 Å². The van der Waals surface area contributed by atoms with Gasteiger partial charge in [0.15, 0.2) is 0 Å². The van der Waals surface area contributed by atoms with E-state index in [1.807, 2.05) is 0 Å². The van der Waals surface area contributed by atoms with Crippen LogP contribution in [0.4, 0.5) is 16.2 Å². The number of carbonyl (C=O) groups is 2. The topological polar surface area (TPSA) is 142 Å². The van der Waals surface area contributed by atoms with Gasteiger partial charge in [0.05, 0.1) is 4.92 Å². The second-order valence-electron chi connectivity index (χ2n) is 3.81. The van der Waals surface area contributed by atoms with E-state index < -0.39 is 29.6 Å². The number of carboxylic acids is 1. The molecule has 0 fully saturated rings. The Labute approximate surface area is 113 Å². The van der Waals surface area contributed by atoms with E-state index in [0.717, 1.165) is 6.07 Å². The molecule has 1 rings (SSSR count). The van der Waals surface area contributed by atoms with Gasteiger partial charge in [0.1, 0.15) is 6.04 Å². The van der Waals surface area contributed by atoms with E-state index in [1.54, 1.807) is 0 Å². The molecule has 0 bridgehead atoms. The smallest absolute Gasteiger partial charge is 0.326 e. The zero-order chi connectivity index (χ0) is 15.1. The summed E-state index contributed by atoms with van der Waals surface area (Å²) in [6.45, 7) is -0.395. The summed E-state index contributed by atoms with van der Waals surface area (Å²) in [7, 11) is 0. The van der Waals surface area contributed by atoms with E-state index >= 15 is 0 Å². The summed E-state index contributed by atoms with van der Waals surface area (Å²) in [4.78, 5) is 32.3. The van der Waals surface area contributed by atoms with Crippen molar-refractivity contribution in [2.24, 2.45) is 0 Å². The van der Waals surface area contributed by atoms with Crippen molar-refractivity contribution in [3.05, 3.63) is 34.4 Å². The molecule has 0 saturated carbocycles. The third kappa shape index (κ3) is 4.53. The zero-order valence-corrected chi connectivity index (χ0v) is 10.3. The fourth-order valence-corrected chi connectivity index (χ4v) is 1.41. The summed E-state index contributed by atoms with van der Waals surface area (Å²) >= 11 is 0. The predicted molar refractivity (Wildman–Crippen MR) is 68.4 cm³/mol. The van der Waals surface area contributed by atoms with Gasteiger partial charge in [-0.05, 0) is 6.07 Å². The summed E-state index contributed by atoms with van der Waals surface area (Å²) in [6.07, 6.45) is -0.141. The lowest BCUT2D eigenvalue weighted by molar-refractivity contribution is -0.384. The van der Waals surface area contributed by atoms with Crippen LogP contribution in [0.15, 0.2) is 24.3 Å². The van der Waals surface area contributed by atoms with Crippen molar-refractivity contribution in [1.29, 1.82) is 0 Å². The van der Waals surface area contributed by atoms with Crippen LogP contribution in [0.25, 0.3) is 0 Å². The Morgan fingerprint density at radius 2 is 2.10 bits per heavy atom. The highest BCUT2D eigenvalue weighted by atomic mass is 16.6. The number of nitro groups is 1. The maximum absolute atomic E-state index is 11.5. The number of aliphatic hydroxyl groups is 1. The SMILES string of the molecule is O=C(Nc1cccc([N+](=O)[O-])c1)NC(CCO)C(=O)O. The fourth-order valence-electron chi connectivity index (χ4n) is 1.41. The van der Waals surface area contributed by atoms with Gasteiger partial charge in [-0.1, -0.05) is 6.07 Å². The minimum atomic E-state index is -1.28. The molecule has 0 spiro atoms. The number of benzene rings is 1. The molecule has 0 radical (unpaired) electrons. The lowest BCUT2D eigenvalue weighted by atomic mass is 10.2. The summed E-state index contributed by atoms with van der Waals surface area (Å²) in [5.41, 5.74) is -0.0437. The molecule has 1 aromatic rings. The fraction of sp³-hybridized carbons (Fsp3) is 0.273. The first-order chi connectivity index (χ1) is 9.43. The molecule has 20 heavy (non-hydrogen) atoms. The summed E-state index contributed by atoms with van der Waals surface area (Å²) in [6, 6.07) is 3.14. The van der Waals surface area contributed by atoms with E-state index in [2.05, 4.69) is 10.6 Å². The number of carboxylic acid groups (broad SMARTS) is 1. The summed E-state index contributed by atoms with van der Waals surface area (Å²) in [5, 5.41) is 32.4. The molecule has 0 aliphatic rings. The number of carbonyl (C=O) groups excluding carboxylic acids is 1. The third-order valence-corrected chi connectivity index (χ3v) is 2.34. The number of anilines is 1. The van der Waals surface area contributed by atoms with Gasteiger partial charge in [-0.15, -0.1) is 0 Å². The van der Waals surface area contributed by atoms with Crippen molar-refractivity contribution in [2.75, 3.05) is 11.9 Å². The Hall–Kier alpha value is -2.68. The predicted octanol–water partition coefficient (Wildman–Crippen LogP) is 0.552. The molecular formula is C11H13N3O6. The third-order valence-electron chi connectivity index (χ3n) is 2.34. The quantitative estimate of drug-likeness (QED) is 0.443. The molecule has 9 heteroatoms. The van der Waals surface area contributed by atoms with Gasteiger partial charge < -0.3 is 20.8 Å². The maximum Gasteiger partial charge on any atom is 0.326 e.